The highest BCUT2D eigenvalue weighted by molar-refractivity contribution is 9.10. The maximum atomic E-state index is 12.0. The number of rotatable bonds is 5. The average molecular weight is 355 g/mol. The molecule has 0 saturated carbocycles. The van der Waals surface area contributed by atoms with Crippen molar-refractivity contribution in [3.05, 3.63) is 64.1 Å². The van der Waals surface area contributed by atoms with Crippen LogP contribution < -0.4 is 0 Å². The van der Waals surface area contributed by atoms with Gasteiger partial charge < -0.3 is 0 Å². The van der Waals surface area contributed by atoms with E-state index in [1.54, 1.807) is 12.1 Å². The van der Waals surface area contributed by atoms with Gasteiger partial charge in [-0.05, 0) is 43.2 Å². The lowest BCUT2D eigenvalue weighted by atomic mass is 10.1. The summed E-state index contributed by atoms with van der Waals surface area (Å²) in [4.78, 5) is 0.171. The molecule has 0 aliphatic rings. The summed E-state index contributed by atoms with van der Waals surface area (Å²) >= 11 is 3.27. The van der Waals surface area contributed by atoms with Crippen LogP contribution in [-0.4, -0.2) is 15.0 Å². The summed E-state index contributed by atoms with van der Waals surface area (Å²) in [5.74, 6) is 0. The number of hydrogen-bond donors (Lipinski definition) is 0. The van der Waals surface area contributed by atoms with Gasteiger partial charge in [-0.3, -0.25) is 4.18 Å². The van der Waals surface area contributed by atoms with Crippen molar-refractivity contribution >= 4 is 26.0 Å². The molecule has 0 aliphatic heterocycles. The molecule has 0 radical (unpaired) electrons. The summed E-state index contributed by atoms with van der Waals surface area (Å²) in [5.41, 5.74) is 2.23. The molecule has 2 aromatic rings. The zero-order valence-electron chi connectivity index (χ0n) is 11.0. The van der Waals surface area contributed by atoms with Crippen LogP contribution in [0.2, 0.25) is 0 Å². The van der Waals surface area contributed by atoms with Gasteiger partial charge in [0.1, 0.15) is 0 Å². The lowest BCUT2D eigenvalue weighted by Gasteiger charge is -2.06. The molecule has 2 aromatic carbocycles. The van der Waals surface area contributed by atoms with Crippen molar-refractivity contribution in [2.24, 2.45) is 0 Å². The molecule has 5 heteroatoms. The van der Waals surface area contributed by atoms with Gasteiger partial charge in [-0.1, -0.05) is 45.8 Å². The molecule has 2 rings (SSSR count). The van der Waals surface area contributed by atoms with E-state index < -0.39 is 10.1 Å². The lowest BCUT2D eigenvalue weighted by molar-refractivity contribution is 0.322. The summed E-state index contributed by atoms with van der Waals surface area (Å²) in [6.45, 7) is 2.15. The predicted molar refractivity (Wildman–Crippen MR) is 82.2 cm³/mol. The molecular weight excluding hydrogens is 340 g/mol. The third-order valence-electron chi connectivity index (χ3n) is 2.85. The third-order valence-corrected chi connectivity index (χ3v) is 4.71. The number of benzene rings is 2. The molecule has 0 aliphatic carbocycles. The van der Waals surface area contributed by atoms with E-state index in [4.69, 9.17) is 4.18 Å². The fourth-order valence-electron chi connectivity index (χ4n) is 1.69. The minimum absolute atomic E-state index is 0.140. The van der Waals surface area contributed by atoms with E-state index in [1.807, 2.05) is 31.2 Å². The van der Waals surface area contributed by atoms with Gasteiger partial charge in [-0.2, -0.15) is 8.42 Å². The van der Waals surface area contributed by atoms with Crippen molar-refractivity contribution in [3.8, 4) is 0 Å². The van der Waals surface area contributed by atoms with Gasteiger partial charge in [-0.15, -0.1) is 0 Å². The second kappa shape index (κ2) is 6.52. The van der Waals surface area contributed by atoms with Crippen molar-refractivity contribution in [3.63, 3.8) is 0 Å². The van der Waals surface area contributed by atoms with E-state index in [2.05, 4.69) is 15.9 Å². The second-order valence-corrected chi connectivity index (χ2v) is 7.00. The van der Waals surface area contributed by atoms with E-state index in [-0.39, 0.29) is 11.5 Å². The standard InChI is InChI=1S/C15H15BrO3S/c1-12-2-4-13(5-3-12)10-11-19-20(17,18)15-8-6-14(16)7-9-15/h2-9H,10-11H2,1H3. The molecule has 106 valence electrons. The number of aryl methyl sites for hydroxylation is 1. The Bertz CT molecular complexity index is 661. The van der Waals surface area contributed by atoms with E-state index in [0.717, 1.165) is 10.0 Å². The third kappa shape index (κ3) is 4.16. The van der Waals surface area contributed by atoms with Gasteiger partial charge in [0.05, 0.1) is 11.5 Å². The maximum Gasteiger partial charge on any atom is 0.296 e. The van der Waals surface area contributed by atoms with Gasteiger partial charge in [0.15, 0.2) is 0 Å². The SMILES string of the molecule is Cc1ccc(CCOS(=O)(=O)c2ccc(Br)cc2)cc1. The Kier molecular flexibility index (Phi) is 4.96. The van der Waals surface area contributed by atoms with Crippen molar-refractivity contribution in [2.45, 2.75) is 18.2 Å². The van der Waals surface area contributed by atoms with Crippen LogP contribution in [0.5, 0.6) is 0 Å². The Hall–Kier alpha value is -1.17. The Morgan fingerprint density at radius 1 is 1.00 bits per heavy atom. The highest BCUT2D eigenvalue weighted by atomic mass is 79.9. The van der Waals surface area contributed by atoms with Crippen LogP contribution >= 0.6 is 15.9 Å². The summed E-state index contributed by atoms with van der Waals surface area (Å²) in [7, 11) is -3.68. The lowest BCUT2D eigenvalue weighted by Crippen LogP contribution is -2.09. The molecule has 0 amide bonds. The van der Waals surface area contributed by atoms with Gasteiger partial charge in [0, 0.05) is 4.47 Å². The molecule has 0 saturated heterocycles. The topological polar surface area (TPSA) is 43.4 Å². The van der Waals surface area contributed by atoms with Crippen LogP contribution in [0, 0.1) is 6.92 Å². The highest BCUT2D eigenvalue weighted by Crippen LogP contribution is 2.17. The van der Waals surface area contributed by atoms with E-state index >= 15 is 0 Å². The normalized spacial score (nSPS) is 11.5. The minimum Gasteiger partial charge on any atom is -0.266 e. The van der Waals surface area contributed by atoms with Gasteiger partial charge in [0.25, 0.3) is 10.1 Å². The van der Waals surface area contributed by atoms with E-state index in [9.17, 15) is 8.42 Å². The van der Waals surface area contributed by atoms with Crippen LogP contribution in [0.25, 0.3) is 0 Å². The fraction of sp³-hybridized carbons (Fsp3) is 0.200. The molecule has 0 atom stereocenters. The number of hydrogen-bond acceptors (Lipinski definition) is 3. The van der Waals surface area contributed by atoms with Crippen molar-refractivity contribution in [1.82, 2.24) is 0 Å². The quantitative estimate of drug-likeness (QED) is 0.768. The Balaban J connectivity index is 1.96. The maximum absolute atomic E-state index is 12.0. The van der Waals surface area contributed by atoms with Gasteiger partial charge in [-0.25, -0.2) is 0 Å². The van der Waals surface area contributed by atoms with Crippen LogP contribution in [0.1, 0.15) is 11.1 Å². The molecule has 0 fully saturated rings. The predicted octanol–water partition coefficient (Wildman–Crippen LogP) is 3.71. The summed E-state index contributed by atoms with van der Waals surface area (Å²) in [5, 5.41) is 0. The van der Waals surface area contributed by atoms with Crippen LogP contribution in [-0.2, 0) is 20.7 Å². The van der Waals surface area contributed by atoms with E-state index in [1.165, 1.54) is 17.7 Å². The van der Waals surface area contributed by atoms with Crippen LogP contribution in [0.4, 0.5) is 0 Å². The summed E-state index contributed by atoms with van der Waals surface area (Å²) < 4.78 is 29.8. The smallest absolute Gasteiger partial charge is 0.266 e. The molecule has 0 spiro atoms. The zero-order chi connectivity index (χ0) is 14.6. The molecule has 0 N–H and O–H groups in total. The molecule has 3 nitrogen and oxygen atoms in total. The first-order valence-corrected chi connectivity index (χ1v) is 8.38. The van der Waals surface area contributed by atoms with Crippen LogP contribution in [0.15, 0.2) is 57.9 Å². The first-order chi connectivity index (χ1) is 9.47. The highest BCUT2D eigenvalue weighted by Gasteiger charge is 2.14. The molecule has 20 heavy (non-hydrogen) atoms. The molecule has 0 bridgehead atoms. The Morgan fingerprint density at radius 2 is 1.60 bits per heavy atom. The first kappa shape index (κ1) is 15.2. The molecule has 0 unspecified atom stereocenters. The monoisotopic (exact) mass is 354 g/mol. The van der Waals surface area contributed by atoms with Gasteiger partial charge >= 0.3 is 0 Å². The Labute approximate surface area is 127 Å². The van der Waals surface area contributed by atoms with Crippen LogP contribution in [0.3, 0.4) is 0 Å². The molecule has 0 aromatic heterocycles. The summed E-state index contributed by atoms with van der Waals surface area (Å²) in [6, 6.07) is 14.3. The molecule has 0 heterocycles. The second-order valence-electron chi connectivity index (χ2n) is 4.47. The van der Waals surface area contributed by atoms with Crippen molar-refractivity contribution < 1.29 is 12.6 Å². The average Bonchev–Trinajstić information content (AvgIpc) is 2.41. The van der Waals surface area contributed by atoms with Crippen molar-refractivity contribution in [1.29, 1.82) is 0 Å². The minimum atomic E-state index is -3.68. The largest absolute Gasteiger partial charge is 0.296 e. The fourth-order valence-corrected chi connectivity index (χ4v) is 2.87. The first-order valence-electron chi connectivity index (χ1n) is 6.18. The van der Waals surface area contributed by atoms with Crippen molar-refractivity contribution in [2.75, 3.05) is 6.61 Å². The Morgan fingerprint density at radius 3 is 2.20 bits per heavy atom. The van der Waals surface area contributed by atoms with E-state index in [0.29, 0.717) is 6.42 Å². The zero-order valence-corrected chi connectivity index (χ0v) is 13.4. The molecular formula is C15H15BrO3S. The van der Waals surface area contributed by atoms with Gasteiger partial charge in [0.2, 0.25) is 0 Å². The summed E-state index contributed by atoms with van der Waals surface area (Å²) in [6.07, 6.45) is 0.566. The number of halogens is 1.